The van der Waals surface area contributed by atoms with Crippen molar-refractivity contribution in [1.82, 2.24) is 0 Å². The lowest BCUT2D eigenvalue weighted by Gasteiger charge is -2.18. The molecule has 0 aliphatic rings. The average molecular weight is 1160 g/mol. The Morgan fingerprint density at radius 2 is 0.470 bits per heavy atom. The lowest BCUT2D eigenvalue weighted by atomic mass is 10.0. The maximum Gasteiger partial charge on any atom is 0.306 e. The van der Waals surface area contributed by atoms with Gasteiger partial charge in [-0.05, 0) is 103 Å². The Labute approximate surface area is 515 Å². The first-order valence-electron chi connectivity index (χ1n) is 35.7. The number of unbranched alkanes of at least 4 members (excludes halogenated alkanes) is 38. The molecule has 0 rings (SSSR count). The Morgan fingerprint density at radius 3 is 0.747 bits per heavy atom. The molecule has 0 saturated heterocycles. The summed E-state index contributed by atoms with van der Waals surface area (Å²) in [6.07, 6.45) is 95.8. The van der Waals surface area contributed by atoms with E-state index in [4.69, 9.17) is 14.2 Å². The van der Waals surface area contributed by atoms with Crippen LogP contribution in [0.3, 0.4) is 0 Å². The summed E-state index contributed by atoms with van der Waals surface area (Å²) in [6.45, 7) is 6.56. The van der Waals surface area contributed by atoms with Crippen LogP contribution in [0.25, 0.3) is 0 Å². The predicted octanol–water partition coefficient (Wildman–Crippen LogP) is 24.8. The van der Waals surface area contributed by atoms with Crippen LogP contribution in [0.4, 0.5) is 0 Å². The highest BCUT2D eigenvalue weighted by molar-refractivity contribution is 5.71. The van der Waals surface area contributed by atoms with Crippen molar-refractivity contribution in [2.24, 2.45) is 0 Å². The van der Waals surface area contributed by atoms with E-state index in [2.05, 4.69) is 118 Å². The van der Waals surface area contributed by atoms with Crippen molar-refractivity contribution in [1.29, 1.82) is 0 Å². The second kappa shape index (κ2) is 70.8. The molecule has 0 amide bonds. The second-order valence-corrected chi connectivity index (χ2v) is 23.8. The lowest BCUT2D eigenvalue weighted by Crippen LogP contribution is -2.30. The van der Waals surface area contributed by atoms with Crippen molar-refractivity contribution in [2.75, 3.05) is 13.2 Å². The Balaban J connectivity index is 4.19. The van der Waals surface area contributed by atoms with Gasteiger partial charge >= 0.3 is 17.9 Å². The monoisotopic (exact) mass is 1160 g/mol. The van der Waals surface area contributed by atoms with Gasteiger partial charge < -0.3 is 14.2 Å². The van der Waals surface area contributed by atoms with Crippen molar-refractivity contribution in [3.63, 3.8) is 0 Å². The molecule has 0 saturated carbocycles. The van der Waals surface area contributed by atoms with Crippen molar-refractivity contribution >= 4 is 17.9 Å². The summed E-state index contributed by atoms with van der Waals surface area (Å²) in [7, 11) is 0. The quantitative estimate of drug-likeness (QED) is 0.0261. The molecular formula is C77H134O6. The SMILES string of the molecule is CC/C=C\C/C=C\C/C=C\C/C=C\C/C=C\C/C=C\C/C=C\CCCCCCCCCCCCCCCC(=O)OCC(COC(=O)CCCCCCCCCCCCCCCCC)OC(=O)CCCCCCC/C=C\CCCCCCCC. The van der Waals surface area contributed by atoms with E-state index in [0.29, 0.717) is 19.3 Å². The highest BCUT2D eigenvalue weighted by atomic mass is 16.6. The normalized spacial score (nSPS) is 12.7. The molecule has 0 aromatic rings. The van der Waals surface area contributed by atoms with Gasteiger partial charge in [0.25, 0.3) is 0 Å². The molecule has 0 bridgehead atoms. The number of hydrogen-bond acceptors (Lipinski definition) is 6. The first kappa shape index (κ1) is 79.3. The van der Waals surface area contributed by atoms with Gasteiger partial charge in [0.15, 0.2) is 6.10 Å². The van der Waals surface area contributed by atoms with E-state index in [0.717, 1.165) is 116 Å². The number of esters is 3. The summed E-state index contributed by atoms with van der Waals surface area (Å²) >= 11 is 0. The number of carbonyl (C=O) groups excluding carboxylic acids is 3. The third kappa shape index (κ3) is 69.0. The van der Waals surface area contributed by atoms with E-state index in [1.165, 1.54) is 199 Å². The highest BCUT2D eigenvalue weighted by Crippen LogP contribution is 2.17. The molecule has 0 heterocycles. The van der Waals surface area contributed by atoms with Gasteiger partial charge in [-0.1, -0.05) is 330 Å². The largest absolute Gasteiger partial charge is 0.462 e. The maximum absolute atomic E-state index is 12.9. The zero-order valence-corrected chi connectivity index (χ0v) is 54.9. The lowest BCUT2D eigenvalue weighted by molar-refractivity contribution is -0.167. The van der Waals surface area contributed by atoms with Gasteiger partial charge in [-0.25, -0.2) is 0 Å². The van der Waals surface area contributed by atoms with Gasteiger partial charge in [-0.2, -0.15) is 0 Å². The highest BCUT2D eigenvalue weighted by Gasteiger charge is 2.19. The zero-order valence-electron chi connectivity index (χ0n) is 54.9. The second-order valence-electron chi connectivity index (χ2n) is 23.8. The molecule has 1 unspecified atom stereocenters. The summed E-state index contributed by atoms with van der Waals surface area (Å²) in [4.78, 5) is 38.4. The van der Waals surface area contributed by atoms with E-state index >= 15 is 0 Å². The third-order valence-corrected chi connectivity index (χ3v) is 15.6. The summed E-state index contributed by atoms with van der Waals surface area (Å²) < 4.78 is 17.0. The molecule has 1 atom stereocenters. The fraction of sp³-hybridized carbons (Fsp3) is 0.753. The molecule has 0 aromatic carbocycles. The van der Waals surface area contributed by atoms with Crippen LogP contribution in [0.5, 0.6) is 0 Å². The van der Waals surface area contributed by atoms with Crippen molar-refractivity contribution in [2.45, 2.75) is 361 Å². The first-order valence-corrected chi connectivity index (χ1v) is 35.7. The van der Waals surface area contributed by atoms with Crippen LogP contribution in [0.2, 0.25) is 0 Å². The fourth-order valence-electron chi connectivity index (χ4n) is 10.2. The number of ether oxygens (including phenoxy) is 3. The summed E-state index contributed by atoms with van der Waals surface area (Å²) in [5.74, 6) is -0.867. The topological polar surface area (TPSA) is 78.9 Å². The fourth-order valence-corrected chi connectivity index (χ4v) is 10.2. The summed E-state index contributed by atoms with van der Waals surface area (Å²) in [5, 5.41) is 0. The molecule has 83 heavy (non-hydrogen) atoms. The van der Waals surface area contributed by atoms with Gasteiger partial charge in [-0.15, -0.1) is 0 Å². The van der Waals surface area contributed by atoms with Crippen molar-refractivity contribution < 1.29 is 28.6 Å². The van der Waals surface area contributed by atoms with E-state index in [-0.39, 0.29) is 31.1 Å². The maximum atomic E-state index is 12.9. The van der Waals surface area contributed by atoms with Gasteiger partial charge in [0.05, 0.1) is 0 Å². The van der Waals surface area contributed by atoms with Crippen LogP contribution >= 0.6 is 0 Å². The first-order chi connectivity index (χ1) is 41.0. The number of hydrogen-bond donors (Lipinski definition) is 0. The van der Waals surface area contributed by atoms with E-state index in [1.807, 2.05) is 0 Å². The minimum atomic E-state index is -0.780. The van der Waals surface area contributed by atoms with Gasteiger partial charge in [0.2, 0.25) is 0 Å². The van der Waals surface area contributed by atoms with E-state index < -0.39 is 6.10 Å². The van der Waals surface area contributed by atoms with Crippen LogP contribution in [0.1, 0.15) is 355 Å². The van der Waals surface area contributed by atoms with Crippen LogP contribution in [0, 0.1) is 0 Å². The molecule has 0 aromatic heterocycles. The molecule has 0 radical (unpaired) electrons. The number of allylic oxidation sites excluding steroid dienone is 16. The minimum absolute atomic E-state index is 0.0753. The minimum Gasteiger partial charge on any atom is -0.462 e. The Hall–Kier alpha value is -3.67. The van der Waals surface area contributed by atoms with Crippen molar-refractivity contribution in [3.8, 4) is 0 Å². The smallest absolute Gasteiger partial charge is 0.306 e. The zero-order chi connectivity index (χ0) is 59.9. The molecule has 0 N–H and O–H groups in total. The molecule has 0 aliphatic heterocycles. The van der Waals surface area contributed by atoms with E-state index in [1.54, 1.807) is 0 Å². The molecular weight excluding hydrogens is 1020 g/mol. The molecule has 0 fully saturated rings. The molecule has 6 nitrogen and oxygen atoms in total. The van der Waals surface area contributed by atoms with E-state index in [9.17, 15) is 14.4 Å². The molecule has 0 spiro atoms. The van der Waals surface area contributed by atoms with Crippen LogP contribution in [-0.4, -0.2) is 37.2 Å². The predicted molar refractivity (Wildman–Crippen MR) is 362 cm³/mol. The van der Waals surface area contributed by atoms with Gasteiger partial charge in [0.1, 0.15) is 13.2 Å². The molecule has 6 heteroatoms. The molecule has 0 aliphatic carbocycles. The van der Waals surface area contributed by atoms with Crippen LogP contribution in [0.15, 0.2) is 97.2 Å². The average Bonchev–Trinajstić information content (AvgIpc) is 3.49. The molecule has 478 valence electrons. The number of rotatable bonds is 65. The van der Waals surface area contributed by atoms with Crippen LogP contribution in [-0.2, 0) is 28.6 Å². The standard InChI is InChI=1S/C77H134O6/c1-4-7-10-13-16-19-22-25-28-29-30-31-32-33-34-35-36-37-38-39-40-41-42-43-44-45-46-47-50-52-55-58-61-64-67-70-76(79)82-73-74(83-77(80)71-68-65-62-59-56-53-49-27-24-21-18-15-12-9-6-3)72-81-75(78)69-66-63-60-57-54-51-48-26-23-20-17-14-11-8-5-2/h7,10,16,19,25,27-28,30-31,33-34,36-37,39-40,49,74H,4-6,8-9,11-15,17-18,20-24,26,29,32,35,38,41-48,50-73H2,1-3H3/b10-7-,19-16-,28-25-,31-30-,34-33-,37-36-,40-39-,49-27-. The van der Waals surface area contributed by atoms with Crippen LogP contribution < -0.4 is 0 Å². The summed E-state index contributed by atoms with van der Waals surface area (Å²) in [5.41, 5.74) is 0. The Morgan fingerprint density at radius 1 is 0.253 bits per heavy atom. The summed E-state index contributed by atoms with van der Waals surface area (Å²) in [6, 6.07) is 0. The van der Waals surface area contributed by atoms with Gasteiger partial charge in [0, 0.05) is 19.3 Å². The Bertz CT molecular complexity index is 1610. The number of carbonyl (C=O) groups is 3. The third-order valence-electron chi connectivity index (χ3n) is 15.6. The van der Waals surface area contributed by atoms with Crippen molar-refractivity contribution in [3.05, 3.63) is 97.2 Å². The Kier molecular flexibility index (Phi) is 67.7. The van der Waals surface area contributed by atoms with Gasteiger partial charge in [-0.3, -0.25) is 14.4 Å².